The van der Waals surface area contributed by atoms with Crippen LogP contribution in [-0.4, -0.2) is 23.6 Å². The van der Waals surface area contributed by atoms with E-state index in [0.717, 1.165) is 0 Å². The molecule has 0 spiro atoms. The fourth-order valence-corrected chi connectivity index (χ4v) is 2.28. The molecule has 2 aromatic carbocycles. The maximum atomic E-state index is 13.8. The Morgan fingerprint density at radius 1 is 1.25 bits per heavy atom. The fraction of sp³-hybridized carbons (Fsp3) is 0.125. The predicted molar refractivity (Wildman–Crippen MR) is 90.4 cm³/mol. The molecular formula is C16H14BrFN2O4. The van der Waals surface area contributed by atoms with Crippen LogP contribution in [0, 0.1) is 5.82 Å². The number of nitrogen functional groups attached to an aromatic ring is 1. The van der Waals surface area contributed by atoms with Crippen molar-refractivity contribution in [3.8, 4) is 5.75 Å². The number of benzene rings is 2. The number of carboxylic acids is 1. The van der Waals surface area contributed by atoms with Crippen LogP contribution in [0.15, 0.2) is 40.9 Å². The van der Waals surface area contributed by atoms with E-state index in [1.165, 1.54) is 30.3 Å². The predicted octanol–water partition coefficient (Wildman–Crippen LogP) is 2.82. The van der Waals surface area contributed by atoms with Crippen LogP contribution in [-0.2, 0) is 16.0 Å². The van der Waals surface area contributed by atoms with E-state index in [0.29, 0.717) is 10.2 Å². The highest BCUT2D eigenvalue weighted by Crippen LogP contribution is 2.27. The number of aliphatic carboxylic acids is 1. The largest absolute Gasteiger partial charge is 0.480 e. The Morgan fingerprint density at radius 3 is 2.67 bits per heavy atom. The summed E-state index contributed by atoms with van der Waals surface area (Å²) >= 11 is 3.14. The molecule has 0 atom stereocenters. The van der Waals surface area contributed by atoms with Gasteiger partial charge < -0.3 is 20.9 Å². The molecule has 0 saturated carbocycles. The van der Waals surface area contributed by atoms with Gasteiger partial charge in [0.05, 0.1) is 12.1 Å². The SMILES string of the molecule is Nc1ccc(OCC(=O)O)c(NC(=O)Cc2ccc(Br)cc2F)c1. The zero-order chi connectivity index (χ0) is 17.7. The van der Waals surface area contributed by atoms with E-state index in [9.17, 15) is 14.0 Å². The minimum atomic E-state index is -1.15. The molecule has 0 heterocycles. The fourth-order valence-electron chi connectivity index (χ4n) is 1.94. The molecule has 2 rings (SSSR count). The second kappa shape index (κ2) is 7.78. The van der Waals surface area contributed by atoms with E-state index in [1.807, 2.05) is 0 Å². The van der Waals surface area contributed by atoms with Gasteiger partial charge >= 0.3 is 5.97 Å². The van der Waals surface area contributed by atoms with Gasteiger partial charge in [0.1, 0.15) is 11.6 Å². The maximum absolute atomic E-state index is 13.8. The van der Waals surface area contributed by atoms with Gasteiger partial charge in [0.15, 0.2) is 6.61 Å². The van der Waals surface area contributed by atoms with Crippen molar-refractivity contribution in [2.45, 2.75) is 6.42 Å². The number of amides is 1. The van der Waals surface area contributed by atoms with Crippen LogP contribution in [0.4, 0.5) is 15.8 Å². The van der Waals surface area contributed by atoms with E-state index in [1.54, 1.807) is 6.07 Å². The second-order valence-electron chi connectivity index (χ2n) is 4.90. The number of hydrogen-bond donors (Lipinski definition) is 3. The summed E-state index contributed by atoms with van der Waals surface area (Å²) in [7, 11) is 0. The lowest BCUT2D eigenvalue weighted by atomic mass is 10.1. The summed E-state index contributed by atoms with van der Waals surface area (Å²) < 4.78 is 19.5. The first kappa shape index (κ1) is 17.7. The minimum absolute atomic E-state index is 0.163. The molecule has 8 heteroatoms. The Morgan fingerprint density at radius 2 is 2.00 bits per heavy atom. The second-order valence-corrected chi connectivity index (χ2v) is 5.81. The van der Waals surface area contributed by atoms with Crippen molar-refractivity contribution >= 4 is 39.2 Å². The first-order chi connectivity index (χ1) is 11.3. The summed E-state index contributed by atoms with van der Waals surface area (Å²) in [6.07, 6.45) is -0.188. The summed E-state index contributed by atoms with van der Waals surface area (Å²) in [4.78, 5) is 22.7. The Balaban J connectivity index is 2.12. The van der Waals surface area contributed by atoms with Gasteiger partial charge in [-0.05, 0) is 35.9 Å². The number of carbonyl (C=O) groups is 2. The third kappa shape index (κ3) is 4.95. The van der Waals surface area contributed by atoms with Crippen LogP contribution in [0.1, 0.15) is 5.56 Å². The van der Waals surface area contributed by atoms with E-state index in [2.05, 4.69) is 21.2 Å². The smallest absolute Gasteiger partial charge is 0.341 e. The quantitative estimate of drug-likeness (QED) is 0.651. The van der Waals surface area contributed by atoms with Crippen LogP contribution >= 0.6 is 15.9 Å². The summed E-state index contributed by atoms with van der Waals surface area (Å²) in [5.74, 6) is -1.98. The van der Waals surface area contributed by atoms with Crippen LogP contribution in [0.2, 0.25) is 0 Å². The molecule has 0 aliphatic carbocycles. The van der Waals surface area contributed by atoms with Gasteiger partial charge in [0.25, 0.3) is 0 Å². The van der Waals surface area contributed by atoms with Gasteiger partial charge in [-0.15, -0.1) is 0 Å². The number of ether oxygens (including phenoxy) is 1. The topological polar surface area (TPSA) is 102 Å². The van der Waals surface area contributed by atoms with Gasteiger partial charge in [-0.1, -0.05) is 22.0 Å². The van der Waals surface area contributed by atoms with Crippen molar-refractivity contribution in [3.05, 3.63) is 52.3 Å². The van der Waals surface area contributed by atoms with Crippen molar-refractivity contribution in [2.75, 3.05) is 17.7 Å². The molecule has 24 heavy (non-hydrogen) atoms. The normalized spacial score (nSPS) is 10.2. The number of anilines is 2. The molecular weight excluding hydrogens is 383 g/mol. The van der Waals surface area contributed by atoms with E-state index in [4.69, 9.17) is 15.6 Å². The third-order valence-corrected chi connectivity index (χ3v) is 3.49. The Kier molecular flexibility index (Phi) is 5.75. The zero-order valence-electron chi connectivity index (χ0n) is 12.4. The third-order valence-electron chi connectivity index (χ3n) is 2.99. The van der Waals surface area contributed by atoms with Gasteiger partial charge in [0.2, 0.25) is 5.91 Å². The number of carbonyl (C=O) groups excluding carboxylic acids is 1. The molecule has 0 aromatic heterocycles. The molecule has 4 N–H and O–H groups in total. The van der Waals surface area contributed by atoms with Crippen molar-refractivity contribution in [3.63, 3.8) is 0 Å². The molecule has 0 unspecified atom stereocenters. The van der Waals surface area contributed by atoms with Gasteiger partial charge in [0, 0.05) is 10.2 Å². The molecule has 1 amide bonds. The monoisotopic (exact) mass is 396 g/mol. The summed E-state index contributed by atoms with van der Waals surface area (Å²) in [5, 5.41) is 11.2. The summed E-state index contributed by atoms with van der Waals surface area (Å²) in [5.41, 5.74) is 6.48. The average molecular weight is 397 g/mol. The Bertz CT molecular complexity index is 783. The standard InChI is InChI=1S/C16H14BrFN2O4/c17-10-2-1-9(12(18)6-10)5-15(21)20-13-7-11(19)3-4-14(13)24-8-16(22)23/h1-4,6-7H,5,8,19H2,(H,20,21)(H,22,23). The molecule has 0 bridgehead atoms. The summed E-state index contributed by atoms with van der Waals surface area (Å²) in [6.45, 7) is -0.561. The zero-order valence-corrected chi connectivity index (χ0v) is 14.0. The number of rotatable bonds is 6. The molecule has 0 radical (unpaired) electrons. The van der Waals surface area contributed by atoms with Crippen LogP contribution in [0.3, 0.4) is 0 Å². The highest BCUT2D eigenvalue weighted by Gasteiger charge is 2.13. The molecule has 0 aliphatic rings. The first-order valence-electron chi connectivity index (χ1n) is 6.83. The first-order valence-corrected chi connectivity index (χ1v) is 7.62. The maximum Gasteiger partial charge on any atom is 0.341 e. The van der Waals surface area contributed by atoms with Crippen LogP contribution in [0.25, 0.3) is 0 Å². The van der Waals surface area contributed by atoms with E-state index in [-0.39, 0.29) is 23.4 Å². The Hall–Kier alpha value is -2.61. The number of halogens is 2. The highest BCUT2D eigenvalue weighted by atomic mass is 79.9. The van der Waals surface area contributed by atoms with E-state index < -0.39 is 24.3 Å². The molecule has 0 aliphatic heterocycles. The van der Waals surface area contributed by atoms with Gasteiger partial charge in [-0.3, -0.25) is 4.79 Å². The number of hydrogen-bond acceptors (Lipinski definition) is 4. The van der Waals surface area contributed by atoms with Crippen molar-refractivity contribution in [1.82, 2.24) is 0 Å². The number of nitrogens with one attached hydrogen (secondary N) is 1. The molecule has 0 fully saturated rings. The molecule has 126 valence electrons. The lowest BCUT2D eigenvalue weighted by Gasteiger charge is -2.12. The van der Waals surface area contributed by atoms with Crippen LogP contribution < -0.4 is 15.8 Å². The highest BCUT2D eigenvalue weighted by molar-refractivity contribution is 9.10. The molecule has 6 nitrogen and oxygen atoms in total. The van der Waals surface area contributed by atoms with Crippen molar-refractivity contribution in [2.24, 2.45) is 0 Å². The van der Waals surface area contributed by atoms with E-state index >= 15 is 0 Å². The van der Waals surface area contributed by atoms with Crippen molar-refractivity contribution in [1.29, 1.82) is 0 Å². The minimum Gasteiger partial charge on any atom is -0.480 e. The summed E-state index contributed by atoms with van der Waals surface area (Å²) in [6, 6.07) is 8.81. The Labute approximate surface area is 145 Å². The van der Waals surface area contributed by atoms with Gasteiger partial charge in [-0.25, -0.2) is 9.18 Å². The average Bonchev–Trinajstić information content (AvgIpc) is 2.49. The molecule has 0 saturated heterocycles. The number of nitrogens with two attached hydrogens (primary N) is 1. The van der Waals surface area contributed by atoms with Gasteiger partial charge in [-0.2, -0.15) is 0 Å². The van der Waals surface area contributed by atoms with Crippen molar-refractivity contribution < 1.29 is 23.8 Å². The number of carboxylic acid groups (broad SMARTS) is 1. The lowest BCUT2D eigenvalue weighted by molar-refractivity contribution is -0.139. The molecule has 2 aromatic rings. The van der Waals surface area contributed by atoms with Crippen LogP contribution in [0.5, 0.6) is 5.75 Å². The lowest BCUT2D eigenvalue weighted by Crippen LogP contribution is -2.17.